The van der Waals surface area contributed by atoms with Gasteiger partial charge in [-0.1, -0.05) is 17.7 Å². The van der Waals surface area contributed by atoms with Crippen molar-refractivity contribution in [3.8, 4) is 0 Å². The predicted molar refractivity (Wildman–Crippen MR) is 113 cm³/mol. The van der Waals surface area contributed by atoms with E-state index in [0.717, 1.165) is 42.7 Å². The highest BCUT2D eigenvalue weighted by Gasteiger charge is 2.61. The van der Waals surface area contributed by atoms with E-state index in [1.807, 2.05) is 12.1 Å². The van der Waals surface area contributed by atoms with Gasteiger partial charge in [0.05, 0.1) is 5.41 Å². The number of hydrogen-bond acceptors (Lipinski definition) is 5. The van der Waals surface area contributed by atoms with E-state index in [2.05, 4.69) is 15.3 Å². The van der Waals surface area contributed by atoms with E-state index in [9.17, 15) is 9.59 Å². The zero-order valence-corrected chi connectivity index (χ0v) is 17.4. The quantitative estimate of drug-likeness (QED) is 0.780. The highest BCUT2D eigenvalue weighted by atomic mass is 35.5. The van der Waals surface area contributed by atoms with Gasteiger partial charge in [0, 0.05) is 30.6 Å². The number of nitrogens with two attached hydrogens (primary N) is 1. The predicted octanol–water partition coefficient (Wildman–Crippen LogP) is 3.33. The van der Waals surface area contributed by atoms with Crippen LogP contribution in [0.2, 0.25) is 5.02 Å². The second-order valence-corrected chi connectivity index (χ2v) is 9.36. The van der Waals surface area contributed by atoms with Gasteiger partial charge in [0.25, 0.3) is 5.91 Å². The smallest absolute Gasteiger partial charge is 0.265 e. The molecule has 0 radical (unpaired) electrons. The lowest BCUT2D eigenvalue weighted by Crippen LogP contribution is -2.56. The first-order valence-electron chi connectivity index (χ1n) is 10.2. The summed E-state index contributed by atoms with van der Waals surface area (Å²) in [4.78, 5) is 33.3. The fourth-order valence-electron chi connectivity index (χ4n) is 5.51. The minimum Gasteiger partial charge on any atom is -0.440 e. The molecule has 8 heteroatoms. The molecule has 1 unspecified atom stereocenters. The Morgan fingerprint density at radius 2 is 2.03 bits per heavy atom. The van der Waals surface area contributed by atoms with Gasteiger partial charge in [0.1, 0.15) is 11.2 Å². The molecule has 156 valence electrons. The fourth-order valence-corrected chi connectivity index (χ4v) is 5.68. The van der Waals surface area contributed by atoms with E-state index >= 15 is 0 Å². The Bertz CT molecular complexity index is 1110. The number of aliphatic imine (C=N–C) groups is 1. The molecule has 5 rings (SSSR count). The molecule has 2 heterocycles. The van der Waals surface area contributed by atoms with Gasteiger partial charge >= 0.3 is 0 Å². The van der Waals surface area contributed by atoms with Crippen molar-refractivity contribution in [1.29, 1.82) is 0 Å². The molecule has 2 aliphatic carbocycles. The number of halogens is 1. The second kappa shape index (κ2) is 6.67. The number of rotatable bonds is 4. The van der Waals surface area contributed by atoms with Crippen LogP contribution in [0.15, 0.2) is 39.9 Å². The van der Waals surface area contributed by atoms with Crippen LogP contribution in [-0.4, -0.2) is 29.6 Å². The van der Waals surface area contributed by atoms with Crippen molar-refractivity contribution in [1.82, 2.24) is 10.3 Å². The van der Waals surface area contributed by atoms with E-state index < -0.39 is 5.41 Å². The van der Waals surface area contributed by atoms with Crippen molar-refractivity contribution in [3.63, 3.8) is 0 Å². The van der Waals surface area contributed by atoms with Gasteiger partial charge in [-0.05, 0) is 55.2 Å². The van der Waals surface area contributed by atoms with Crippen LogP contribution in [0, 0.1) is 16.7 Å². The number of carbonyl (C=O) groups excluding carboxylic acids is 2. The highest BCUT2D eigenvalue weighted by Crippen LogP contribution is 2.67. The first-order valence-corrected chi connectivity index (χ1v) is 10.5. The normalized spacial score (nSPS) is 32.4. The van der Waals surface area contributed by atoms with Gasteiger partial charge < -0.3 is 15.5 Å². The number of carbonyl (C=O) groups is 2. The van der Waals surface area contributed by atoms with E-state index in [-0.39, 0.29) is 35.5 Å². The Balaban J connectivity index is 1.27. The average Bonchev–Trinajstić information content (AvgIpc) is 3.07. The summed E-state index contributed by atoms with van der Waals surface area (Å²) in [6.45, 7) is 0. The van der Waals surface area contributed by atoms with Crippen LogP contribution in [0.5, 0.6) is 0 Å². The zero-order valence-electron chi connectivity index (χ0n) is 16.7. The summed E-state index contributed by atoms with van der Waals surface area (Å²) in [7, 11) is 1.56. The van der Waals surface area contributed by atoms with Crippen molar-refractivity contribution in [2.45, 2.75) is 38.0 Å². The number of fused-ring (bicyclic) bond motifs is 1. The number of nitrogens with zero attached hydrogens (tertiary/aromatic N) is 2. The first-order chi connectivity index (χ1) is 14.3. The number of amides is 2. The van der Waals surface area contributed by atoms with Crippen molar-refractivity contribution in [2.75, 3.05) is 7.05 Å². The van der Waals surface area contributed by atoms with E-state index in [0.29, 0.717) is 10.7 Å². The molecule has 0 bridgehead atoms. The maximum absolute atomic E-state index is 12.4. The van der Waals surface area contributed by atoms with Crippen LogP contribution >= 0.6 is 11.6 Å². The first kappa shape index (κ1) is 19.3. The van der Waals surface area contributed by atoms with Gasteiger partial charge in [0.15, 0.2) is 11.5 Å². The molecule has 0 saturated heterocycles. The molecule has 7 nitrogen and oxygen atoms in total. The van der Waals surface area contributed by atoms with Crippen LogP contribution in [-0.2, 0) is 9.59 Å². The lowest BCUT2D eigenvalue weighted by atomic mass is 9.43. The molecule has 2 saturated carbocycles. The maximum atomic E-state index is 12.4. The van der Waals surface area contributed by atoms with Crippen LogP contribution in [0.25, 0.3) is 11.1 Å². The van der Waals surface area contributed by atoms with Crippen molar-refractivity contribution in [3.05, 3.63) is 41.4 Å². The number of benzene rings is 1. The highest BCUT2D eigenvalue weighted by molar-refractivity contribution is 6.39. The van der Waals surface area contributed by atoms with E-state index in [1.165, 1.54) is 0 Å². The van der Waals surface area contributed by atoms with Crippen molar-refractivity contribution < 1.29 is 14.0 Å². The molecular weight excluding hydrogens is 404 g/mol. The Morgan fingerprint density at radius 1 is 1.27 bits per heavy atom. The molecule has 2 amide bonds. The third kappa shape index (κ3) is 2.87. The van der Waals surface area contributed by atoms with Gasteiger partial charge in [-0.3, -0.25) is 14.6 Å². The number of hydrogen-bond donors (Lipinski definition) is 2. The molecule has 1 atom stereocenters. The van der Waals surface area contributed by atoms with Gasteiger partial charge in [0.2, 0.25) is 5.91 Å². The van der Waals surface area contributed by atoms with Crippen molar-refractivity contribution in [2.24, 2.45) is 27.5 Å². The Kier molecular flexibility index (Phi) is 4.29. The Labute approximate surface area is 178 Å². The SMILES string of the molecule is CNC(=O)C1=NC=CC(C(N)=O)(C2CC3(CC(c4nc5cc(Cl)ccc5o4)C3)C2)C1. The number of oxazole rings is 1. The minimum atomic E-state index is -0.839. The van der Waals surface area contributed by atoms with Crippen molar-refractivity contribution >= 4 is 40.2 Å². The molecular formula is C22H23ClN4O3. The number of primary amides is 1. The van der Waals surface area contributed by atoms with Crippen LogP contribution in [0.4, 0.5) is 0 Å². The molecule has 3 N–H and O–H groups in total. The standard InChI is InChI=1S/C22H23ClN4O3/c1-25-18(28)16-11-22(20(24)29,4-5-26-16)13-9-21(10-13)7-12(8-21)19-27-15-6-14(23)2-3-17(15)30-19/h2-6,12-13H,7-11H2,1H3,(H2,24,29)(H,25,28). The Morgan fingerprint density at radius 3 is 2.73 bits per heavy atom. The molecule has 2 aromatic rings. The third-order valence-electron chi connectivity index (χ3n) is 7.17. The third-order valence-corrected chi connectivity index (χ3v) is 7.41. The maximum Gasteiger partial charge on any atom is 0.265 e. The van der Waals surface area contributed by atoms with Crippen LogP contribution < -0.4 is 11.1 Å². The van der Waals surface area contributed by atoms with Gasteiger partial charge in [-0.2, -0.15) is 0 Å². The Hall–Kier alpha value is -2.67. The number of nitrogens with one attached hydrogen (secondary N) is 1. The molecule has 1 aliphatic heterocycles. The topological polar surface area (TPSA) is 111 Å². The van der Waals surface area contributed by atoms with Crippen LogP contribution in [0.3, 0.4) is 0 Å². The largest absolute Gasteiger partial charge is 0.440 e. The summed E-state index contributed by atoms with van der Waals surface area (Å²) in [6.07, 6.45) is 7.39. The summed E-state index contributed by atoms with van der Waals surface area (Å²) in [5.74, 6) is 0.509. The van der Waals surface area contributed by atoms with E-state index in [4.69, 9.17) is 21.8 Å². The molecule has 2 fully saturated rings. The zero-order chi connectivity index (χ0) is 21.1. The summed E-state index contributed by atoms with van der Waals surface area (Å²) < 4.78 is 5.93. The molecule has 3 aliphatic rings. The van der Waals surface area contributed by atoms with E-state index in [1.54, 1.807) is 25.4 Å². The molecule has 1 spiro atoms. The summed E-state index contributed by atoms with van der Waals surface area (Å²) >= 11 is 6.04. The fraction of sp³-hybridized carbons (Fsp3) is 0.455. The summed E-state index contributed by atoms with van der Waals surface area (Å²) in [5, 5.41) is 3.23. The lowest BCUT2D eigenvalue weighted by molar-refractivity contribution is -0.139. The second-order valence-electron chi connectivity index (χ2n) is 8.93. The molecule has 1 aromatic heterocycles. The average molecular weight is 427 g/mol. The minimum absolute atomic E-state index is 0.116. The summed E-state index contributed by atoms with van der Waals surface area (Å²) in [6, 6.07) is 5.46. The molecule has 1 aromatic carbocycles. The number of aromatic nitrogens is 1. The summed E-state index contributed by atoms with van der Waals surface area (Å²) in [5.41, 5.74) is 7.08. The molecule has 30 heavy (non-hydrogen) atoms. The van der Waals surface area contributed by atoms with Crippen LogP contribution in [0.1, 0.15) is 43.9 Å². The van der Waals surface area contributed by atoms with Gasteiger partial charge in [-0.25, -0.2) is 4.98 Å². The van der Waals surface area contributed by atoms with Gasteiger partial charge in [-0.15, -0.1) is 0 Å². The monoisotopic (exact) mass is 426 g/mol. The lowest BCUT2D eigenvalue weighted by Gasteiger charge is -2.60.